The fourth-order valence-electron chi connectivity index (χ4n) is 9.55. The molecule has 1 amide bonds. The maximum absolute atomic E-state index is 12.4. The SMILES string of the molecule is CCCCCC/C=C\C/C=C\CCCCCCCC(=O)OCCCCCCCCCCCCCCCCCCCCCCCCCCCCC(=O)NC(CO)C(O)CCCCCCCCCCC. The molecule has 2 unspecified atom stereocenters. The van der Waals surface area contributed by atoms with Crippen LogP contribution in [0.5, 0.6) is 0 Å². The fourth-order valence-corrected chi connectivity index (χ4v) is 9.55. The summed E-state index contributed by atoms with van der Waals surface area (Å²) < 4.78 is 5.48. The van der Waals surface area contributed by atoms with Crippen molar-refractivity contribution < 1.29 is 24.5 Å². The second-order valence-corrected chi connectivity index (χ2v) is 21.0. The third-order valence-electron chi connectivity index (χ3n) is 14.3. The van der Waals surface area contributed by atoms with E-state index in [9.17, 15) is 19.8 Å². The quantitative estimate of drug-likeness (QED) is 0.0321. The van der Waals surface area contributed by atoms with E-state index in [0.29, 0.717) is 25.9 Å². The Morgan fingerprint density at radius 2 is 0.735 bits per heavy atom. The van der Waals surface area contributed by atoms with Gasteiger partial charge in [-0.1, -0.05) is 289 Å². The molecule has 0 radical (unpaired) electrons. The normalized spacial score (nSPS) is 12.7. The third-order valence-corrected chi connectivity index (χ3v) is 14.3. The van der Waals surface area contributed by atoms with Gasteiger partial charge in [0.1, 0.15) is 0 Å². The summed E-state index contributed by atoms with van der Waals surface area (Å²) in [6.07, 6.45) is 70.6. The van der Waals surface area contributed by atoms with Crippen molar-refractivity contribution in [3.8, 4) is 0 Å². The Balaban J connectivity index is 3.32. The molecule has 0 aliphatic carbocycles. The summed E-state index contributed by atoms with van der Waals surface area (Å²) >= 11 is 0. The van der Waals surface area contributed by atoms with E-state index in [1.165, 1.54) is 250 Å². The number of hydrogen-bond donors (Lipinski definition) is 3. The van der Waals surface area contributed by atoms with Gasteiger partial charge in [0.2, 0.25) is 5.91 Å². The summed E-state index contributed by atoms with van der Waals surface area (Å²) in [5.74, 6) is -0.0305. The number of aliphatic hydroxyl groups is 2. The Kier molecular flexibility index (Phi) is 56.5. The number of rotatable bonds is 57. The van der Waals surface area contributed by atoms with E-state index in [-0.39, 0.29) is 18.5 Å². The second kappa shape index (κ2) is 57.9. The average Bonchev–Trinajstić information content (AvgIpc) is 3.34. The van der Waals surface area contributed by atoms with Crippen molar-refractivity contribution in [2.75, 3.05) is 13.2 Å². The Bertz CT molecular complexity index is 1060. The molecule has 0 rings (SSSR count). The van der Waals surface area contributed by atoms with Crippen LogP contribution >= 0.6 is 0 Å². The number of carbonyl (C=O) groups is 2. The maximum Gasteiger partial charge on any atom is 0.305 e. The van der Waals surface area contributed by atoms with Crippen molar-refractivity contribution in [3.63, 3.8) is 0 Å². The van der Waals surface area contributed by atoms with Crippen LogP contribution in [0.25, 0.3) is 0 Å². The van der Waals surface area contributed by atoms with E-state index in [1.807, 2.05) is 0 Å². The standard InChI is InChI=1S/C62H119NO5/c1-3-5-7-9-11-13-14-15-16-30-33-36-40-44-48-52-56-62(67)68-57-53-49-45-41-37-34-31-28-26-24-22-20-18-17-19-21-23-25-27-29-32-35-39-43-47-51-55-61(66)63-59(58-64)60(65)54-50-46-42-38-12-10-8-6-4-2/h13-14,16,30,59-60,64-65H,3-12,15,17-29,31-58H2,1-2H3,(H,63,66)/b14-13-,30-16-. The third kappa shape index (κ3) is 53.7. The predicted molar refractivity (Wildman–Crippen MR) is 296 cm³/mol. The molecule has 0 saturated heterocycles. The molecule has 0 fully saturated rings. The predicted octanol–water partition coefficient (Wildman–Crippen LogP) is 19.0. The van der Waals surface area contributed by atoms with Crippen molar-refractivity contribution >= 4 is 11.9 Å². The van der Waals surface area contributed by atoms with Gasteiger partial charge in [0.25, 0.3) is 0 Å². The summed E-state index contributed by atoms with van der Waals surface area (Å²) in [6.45, 7) is 4.92. The molecule has 0 saturated carbocycles. The van der Waals surface area contributed by atoms with Crippen LogP contribution in [0, 0.1) is 0 Å². The van der Waals surface area contributed by atoms with Crippen molar-refractivity contribution in [2.45, 2.75) is 347 Å². The number of carbonyl (C=O) groups excluding carboxylic acids is 2. The van der Waals surface area contributed by atoms with Crippen molar-refractivity contribution in [2.24, 2.45) is 0 Å². The number of esters is 1. The molecule has 6 nitrogen and oxygen atoms in total. The minimum Gasteiger partial charge on any atom is -0.466 e. The number of nitrogens with one attached hydrogen (secondary N) is 1. The number of allylic oxidation sites excluding steroid dienone is 4. The summed E-state index contributed by atoms with van der Waals surface area (Å²) in [7, 11) is 0. The van der Waals surface area contributed by atoms with Crippen molar-refractivity contribution in [3.05, 3.63) is 24.3 Å². The summed E-state index contributed by atoms with van der Waals surface area (Å²) in [4.78, 5) is 24.5. The van der Waals surface area contributed by atoms with E-state index in [4.69, 9.17) is 4.74 Å². The van der Waals surface area contributed by atoms with Crippen LogP contribution in [-0.4, -0.2) is 47.4 Å². The highest BCUT2D eigenvalue weighted by Gasteiger charge is 2.20. The lowest BCUT2D eigenvalue weighted by Gasteiger charge is -2.22. The Labute approximate surface area is 424 Å². The smallest absolute Gasteiger partial charge is 0.305 e. The van der Waals surface area contributed by atoms with E-state index in [2.05, 4.69) is 43.5 Å². The average molecular weight is 959 g/mol. The van der Waals surface area contributed by atoms with Crippen LogP contribution in [0.2, 0.25) is 0 Å². The van der Waals surface area contributed by atoms with E-state index < -0.39 is 12.1 Å². The topological polar surface area (TPSA) is 95.9 Å². The number of unbranched alkanes of at least 4 members (excludes halogenated alkanes) is 42. The summed E-state index contributed by atoms with van der Waals surface area (Å²) in [5, 5.41) is 23.1. The van der Waals surface area contributed by atoms with E-state index in [1.54, 1.807) is 0 Å². The molecular formula is C62H119NO5. The molecule has 0 bridgehead atoms. The highest BCUT2D eigenvalue weighted by molar-refractivity contribution is 5.76. The first-order valence-electron chi connectivity index (χ1n) is 30.6. The molecule has 3 N–H and O–H groups in total. The van der Waals surface area contributed by atoms with Crippen LogP contribution in [0.4, 0.5) is 0 Å². The van der Waals surface area contributed by atoms with Crippen LogP contribution in [0.15, 0.2) is 24.3 Å². The zero-order chi connectivity index (χ0) is 49.3. The minimum atomic E-state index is -0.660. The van der Waals surface area contributed by atoms with E-state index >= 15 is 0 Å². The molecule has 0 aromatic carbocycles. The van der Waals surface area contributed by atoms with Gasteiger partial charge >= 0.3 is 5.97 Å². The summed E-state index contributed by atoms with van der Waals surface area (Å²) in [6, 6.07) is -0.537. The number of ether oxygens (including phenoxy) is 1. The highest BCUT2D eigenvalue weighted by atomic mass is 16.5. The molecule has 0 aliphatic heterocycles. The lowest BCUT2D eigenvalue weighted by molar-refractivity contribution is -0.143. The number of amides is 1. The fraction of sp³-hybridized carbons (Fsp3) is 0.903. The van der Waals surface area contributed by atoms with Gasteiger partial charge in [-0.2, -0.15) is 0 Å². The van der Waals surface area contributed by atoms with Crippen LogP contribution in [0.3, 0.4) is 0 Å². The second-order valence-electron chi connectivity index (χ2n) is 21.0. The molecular weight excluding hydrogens is 839 g/mol. The highest BCUT2D eigenvalue weighted by Crippen LogP contribution is 2.18. The summed E-state index contributed by atoms with van der Waals surface area (Å²) in [5.41, 5.74) is 0. The Hall–Kier alpha value is -1.66. The Morgan fingerprint density at radius 1 is 0.412 bits per heavy atom. The van der Waals surface area contributed by atoms with Gasteiger partial charge in [-0.05, 0) is 57.8 Å². The van der Waals surface area contributed by atoms with E-state index in [0.717, 1.165) is 51.4 Å². The monoisotopic (exact) mass is 958 g/mol. The van der Waals surface area contributed by atoms with Crippen LogP contribution < -0.4 is 5.32 Å². The van der Waals surface area contributed by atoms with Gasteiger partial charge in [0, 0.05) is 12.8 Å². The first-order valence-corrected chi connectivity index (χ1v) is 30.6. The molecule has 0 aliphatic rings. The van der Waals surface area contributed by atoms with Crippen molar-refractivity contribution in [1.82, 2.24) is 5.32 Å². The van der Waals surface area contributed by atoms with Gasteiger partial charge in [0.05, 0.1) is 25.4 Å². The largest absolute Gasteiger partial charge is 0.466 e. The lowest BCUT2D eigenvalue weighted by Crippen LogP contribution is -2.45. The Morgan fingerprint density at radius 3 is 1.13 bits per heavy atom. The molecule has 0 heterocycles. The zero-order valence-electron chi connectivity index (χ0n) is 45.9. The molecule has 68 heavy (non-hydrogen) atoms. The number of aliphatic hydroxyl groups excluding tert-OH is 2. The molecule has 402 valence electrons. The molecule has 0 aromatic heterocycles. The van der Waals surface area contributed by atoms with Gasteiger partial charge in [-0.3, -0.25) is 9.59 Å². The van der Waals surface area contributed by atoms with Crippen LogP contribution in [-0.2, 0) is 14.3 Å². The van der Waals surface area contributed by atoms with Gasteiger partial charge in [-0.15, -0.1) is 0 Å². The molecule has 2 atom stereocenters. The van der Waals surface area contributed by atoms with Crippen molar-refractivity contribution in [1.29, 1.82) is 0 Å². The minimum absolute atomic E-state index is 0.00388. The van der Waals surface area contributed by atoms with Gasteiger partial charge in [0.15, 0.2) is 0 Å². The maximum atomic E-state index is 12.4. The molecule has 6 heteroatoms. The zero-order valence-corrected chi connectivity index (χ0v) is 45.9. The van der Waals surface area contributed by atoms with Gasteiger partial charge in [-0.25, -0.2) is 0 Å². The van der Waals surface area contributed by atoms with Crippen LogP contribution in [0.1, 0.15) is 335 Å². The lowest BCUT2D eigenvalue weighted by atomic mass is 10.0. The first kappa shape index (κ1) is 66.3. The first-order chi connectivity index (χ1) is 33.5. The molecule has 0 aromatic rings. The van der Waals surface area contributed by atoms with Gasteiger partial charge < -0.3 is 20.3 Å². The molecule has 0 spiro atoms. The number of hydrogen-bond acceptors (Lipinski definition) is 5.